The molecule has 8 nitrogen and oxygen atoms in total. The minimum absolute atomic E-state index is 0.110. The zero-order valence-electron chi connectivity index (χ0n) is 22.5. The fraction of sp³-hybridized carbons (Fsp3) is 0.345. The number of hydrogen-bond donors (Lipinski definition) is 1. The number of aliphatic hydroxyl groups is 1. The fourth-order valence-corrected chi connectivity index (χ4v) is 11.8. The number of halogens is 1. The molecule has 0 saturated carbocycles. The van der Waals surface area contributed by atoms with Crippen LogP contribution in [-0.4, -0.2) is 72.1 Å². The van der Waals surface area contributed by atoms with E-state index >= 15 is 0 Å². The maximum Gasteiger partial charge on any atom is 0.266 e. The maximum absolute atomic E-state index is 11.1. The summed E-state index contributed by atoms with van der Waals surface area (Å²) < 4.78 is 16.4. The van der Waals surface area contributed by atoms with E-state index in [1.807, 2.05) is 35.8 Å². The van der Waals surface area contributed by atoms with E-state index in [0.29, 0.717) is 18.8 Å². The Morgan fingerprint density at radius 3 is 2.69 bits per heavy atom. The molecule has 0 amide bonds. The highest BCUT2D eigenvalue weighted by Gasteiger charge is 2.63. The normalized spacial score (nSPS) is 25.6. The number of aliphatic hydroxyl groups excluding tert-OH is 1. The van der Waals surface area contributed by atoms with E-state index in [-0.39, 0.29) is 11.3 Å². The number of rotatable bonds is 7. The quantitative estimate of drug-likeness (QED) is 0.142. The predicted molar refractivity (Wildman–Crippen MR) is 164 cm³/mol. The second-order valence-electron chi connectivity index (χ2n) is 10.9. The van der Waals surface area contributed by atoms with Crippen molar-refractivity contribution in [2.24, 2.45) is 4.99 Å². The Kier molecular flexibility index (Phi) is 6.87. The Balaban J connectivity index is 1.28. The zero-order valence-corrected chi connectivity index (χ0v) is 25.6. The third-order valence-electron chi connectivity index (χ3n) is 7.97. The Hall–Kier alpha value is -2.64. The number of aromatic nitrogens is 3. The molecule has 1 fully saturated rings. The van der Waals surface area contributed by atoms with E-state index in [1.54, 1.807) is 6.34 Å². The molecule has 202 valence electrons. The summed E-state index contributed by atoms with van der Waals surface area (Å²) in [6.07, 6.45) is 4.23. The molecule has 0 spiro atoms. The number of benzene rings is 2. The second kappa shape index (κ2) is 10.1. The van der Waals surface area contributed by atoms with Crippen LogP contribution in [0.2, 0.25) is 0 Å². The van der Waals surface area contributed by atoms with Crippen LogP contribution in [0.3, 0.4) is 0 Å². The van der Waals surface area contributed by atoms with Gasteiger partial charge in [0.15, 0.2) is 5.82 Å². The number of hydrogen-bond acceptors (Lipinski definition) is 6. The fourth-order valence-electron chi connectivity index (χ4n) is 6.08. The third kappa shape index (κ3) is 4.24. The molecule has 39 heavy (non-hydrogen) atoms. The van der Waals surface area contributed by atoms with Crippen LogP contribution in [0.5, 0.6) is 0 Å². The van der Waals surface area contributed by atoms with Crippen molar-refractivity contribution in [1.29, 1.82) is 0 Å². The van der Waals surface area contributed by atoms with Gasteiger partial charge in [-0.2, -0.15) is 0 Å². The monoisotopic (exact) mass is 653 g/mol. The highest BCUT2D eigenvalue weighted by Crippen LogP contribution is 2.43. The zero-order chi connectivity index (χ0) is 27.4. The first kappa shape index (κ1) is 26.6. The summed E-state index contributed by atoms with van der Waals surface area (Å²) in [6.45, 7) is 4.89. The highest BCUT2D eigenvalue weighted by atomic mass is 127. The number of aliphatic imine (C=N–C) groups is 1. The molecule has 4 aromatic rings. The molecule has 10 heteroatoms. The van der Waals surface area contributed by atoms with Gasteiger partial charge in [-0.05, 0) is 38.5 Å². The lowest BCUT2D eigenvalue weighted by Crippen LogP contribution is -2.81. The van der Waals surface area contributed by atoms with E-state index < -0.39 is 20.5 Å². The van der Waals surface area contributed by atoms with Crippen molar-refractivity contribution in [1.82, 2.24) is 19.4 Å². The topological polar surface area (TPSA) is 85.0 Å². The lowest BCUT2D eigenvalue weighted by molar-refractivity contribution is -0.0401. The molecular formula is C29H32IN5O3Si. The van der Waals surface area contributed by atoms with E-state index in [9.17, 15) is 5.11 Å². The molecule has 2 aliphatic rings. The van der Waals surface area contributed by atoms with Crippen molar-refractivity contribution in [2.45, 2.75) is 43.7 Å². The number of fused-ring (bicyclic) bond motifs is 2. The first-order valence-electron chi connectivity index (χ1n) is 13.1. The molecule has 4 atom stereocenters. The standard InChI is InChI=1S/C29H32IN5O3Si/c1-29(2)20-12-8-9-13-24(20)39(29,19-10-6-5-7-11-19)37-16-23-22(36)14-25(38-23)35-15-21(30)26-27(33-18-34(3)4)31-17-32-28(26)35/h5-13,15,17-18,22-23,25,36H,14,16H2,1-4H3/b33-18-. The van der Waals surface area contributed by atoms with Gasteiger partial charge in [0.1, 0.15) is 24.3 Å². The van der Waals surface area contributed by atoms with E-state index in [2.05, 4.69) is 99.9 Å². The number of ether oxygens (including phenoxy) is 1. The van der Waals surface area contributed by atoms with Crippen molar-refractivity contribution in [2.75, 3.05) is 20.7 Å². The van der Waals surface area contributed by atoms with Gasteiger partial charge in [-0.3, -0.25) is 0 Å². The van der Waals surface area contributed by atoms with Crippen molar-refractivity contribution in [3.8, 4) is 0 Å². The van der Waals surface area contributed by atoms with E-state index in [0.717, 1.165) is 14.6 Å². The molecule has 0 radical (unpaired) electrons. The highest BCUT2D eigenvalue weighted by molar-refractivity contribution is 14.1. The van der Waals surface area contributed by atoms with Crippen LogP contribution in [-0.2, 0) is 14.2 Å². The van der Waals surface area contributed by atoms with Gasteiger partial charge in [-0.25, -0.2) is 15.0 Å². The molecule has 2 aromatic heterocycles. The van der Waals surface area contributed by atoms with Gasteiger partial charge in [0.2, 0.25) is 0 Å². The number of nitrogens with zero attached hydrogens (tertiary/aromatic N) is 5. The minimum atomic E-state index is -2.57. The van der Waals surface area contributed by atoms with Crippen molar-refractivity contribution in [3.63, 3.8) is 0 Å². The van der Waals surface area contributed by atoms with Crippen LogP contribution in [0.15, 0.2) is 72.1 Å². The van der Waals surface area contributed by atoms with Gasteiger partial charge in [-0.1, -0.05) is 68.4 Å². The Morgan fingerprint density at radius 1 is 1.18 bits per heavy atom. The second-order valence-corrected chi connectivity index (χ2v) is 16.1. The molecule has 6 rings (SSSR count). The van der Waals surface area contributed by atoms with Crippen LogP contribution >= 0.6 is 22.6 Å². The Labute approximate surface area is 243 Å². The van der Waals surface area contributed by atoms with Crippen LogP contribution < -0.4 is 10.4 Å². The first-order chi connectivity index (χ1) is 18.7. The van der Waals surface area contributed by atoms with Gasteiger partial charge >= 0.3 is 0 Å². The Morgan fingerprint density at radius 2 is 1.92 bits per heavy atom. The molecule has 1 N–H and O–H groups in total. The summed E-state index contributed by atoms with van der Waals surface area (Å²) in [6, 6.07) is 19.2. The molecule has 0 bridgehead atoms. The molecule has 2 aromatic carbocycles. The summed E-state index contributed by atoms with van der Waals surface area (Å²) in [4.78, 5) is 15.3. The maximum atomic E-state index is 11.1. The third-order valence-corrected chi connectivity index (χ3v) is 13.8. The molecule has 1 saturated heterocycles. The van der Waals surface area contributed by atoms with Crippen LogP contribution in [0.25, 0.3) is 11.0 Å². The molecule has 2 aliphatic heterocycles. The molecule has 4 unspecified atom stereocenters. The van der Waals surface area contributed by atoms with Crippen LogP contribution in [0, 0.1) is 3.57 Å². The Bertz CT molecular complexity index is 1540. The minimum Gasteiger partial charge on any atom is -0.404 e. The average Bonchev–Trinajstić information content (AvgIpc) is 3.47. The van der Waals surface area contributed by atoms with Gasteiger partial charge in [0.05, 0.1) is 24.4 Å². The summed E-state index contributed by atoms with van der Waals surface area (Å²) in [5.41, 5.74) is 2.08. The van der Waals surface area contributed by atoms with Gasteiger partial charge < -0.3 is 23.7 Å². The average molecular weight is 654 g/mol. The summed E-state index contributed by atoms with van der Waals surface area (Å²) in [7, 11) is 1.27. The van der Waals surface area contributed by atoms with E-state index in [4.69, 9.17) is 9.16 Å². The van der Waals surface area contributed by atoms with Crippen LogP contribution in [0.1, 0.15) is 32.1 Å². The smallest absolute Gasteiger partial charge is 0.266 e. The van der Waals surface area contributed by atoms with Crippen LogP contribution in [0.4, 0.5) is 5.82 Å². The molecule has 0 aliphatic carbocycles. The SMILES string of the molecule is CN(C)/C=N\c1ncnc2c1c(I)cn2C1CC(O)C(CO[Si]2(c3ccccc3)c3ccccc3C2(C)C)O1. The molecule has 4 heterocycles. The van der Waals surface area contributed by atoms with Crippen molar-refractivity contribution >= 4 is 64.5 Å². The molecular weight excluding hydrogens is 621 g/mol. The summed E-state index contributed by atoms with van der Waals surface area (Å²) >= 11 is 2.28. The van der Waals surface area contributed by atoms with Crippen molar-refractivity contribution in [3.05, 3.63) is 76.3 Å². The van der Waals surface area contributed by atoms with Crippen molar-refractivity contribution < 1.29 is 14.3 Å². The van der Waals surface area contributed by atoms with Gasteiger partial charge in [0, 0.05) is 35.3 Å². The van der Waals surface area contributed by atoms with Gasteiger partial charge in [-0.15, -0.1) is 0 Å². The van der Waals surface area contributed by atoms with Gasteiger partial charge in [0.25, 0.3) is 8.32 Å². The summed E-state index contributed by atoms with van der Waals surface area (Å²) in [5, 5.41) is 14.4. The van der Waals surface area contributed by atoms with E-state index in [1.165, 1.54) is 22.3 Å². The summed E-state index contributed by atoms with van der Waals surface area (Å²) in [5.74, 6) is 0.608. The first-order valence-corrected chi connectivity index (χ1v) is 16.1. The predicted octanol–water partition coefficient (Wildman–Crippen LogP) is 3.51. The largest absolute Gasteiger partial charge is 0.404 e. The lowest BCUT2D eigenvalue weighted by Gasteiger charge is -2.55. The lowest BCUT2D eigenvalue weighted by atomic mass is 10.0.